The molecule has 19 heavy (non-hydrogen) atoms. The second-order valence-corrected chi connectivity index (χ2v) is 4.18. The molecule has 0 saturated heterocycles. The summed E-state index contributed by atoms with van der Waals surface area (Å²) in [6, 6.07) is 9.36. The Bertz CT molecular complexity index is 635. The van der Waals surface area contributed by atoms with E-state index in [1.54, 1.807) is 31.2 Å². The number of halogens is 1. The van der Waals surface area contributed by atoms with Gasteiger partial charge in [0.2, 0.25) is 0 Å². The van der Waals surface area contributed by atoms with Crippen molar-refractivity contribution < 1.29 is 19.0 Å². The van der Waals surface area contributed by atoms with Gasteiger partial charge in [0.25, 0.3) is 0 Å². The third-order valence-electron chi connectivity index (χ3n) is 2.94. The van der Waals surface area contributed by atoms with Crippen LogP contribution in [-0.2, 0) is 0 Å². The van der Waals surface area contributed by atoms with Gasteiger partial charge in [-0.3, -0.25) is 0 Å². The standard InChI is InChI=1S/C15H13FO3/c1-9-3-4-10(7-14(9)16)12-6-5-11(19-2)8-13(12)15(17)18/h3-8H,1-2H3,(H,17,18). The Labute approximate surface area is 110 Å². The summed E-state index contributed by atoms with van der Waals surface area (Å²) in [5.41, 5.74) is 1.60. The van der Waals surface area contributed by atoms with Crippen LogP contribution in [0.1, 0.15) is 15.9 Å². The molecule has 2 aromatic rings. The number of methoxy groups -OCH3 is 1. The van der Waals surface area contributed by atoms with E-state index in [2.05, 4.69) is 0 Å². The zero-order valence-corrected chi connectivity index (χ0v) is 10.6. The summed E-state index contributed by atoms with van der Waals surface area (Å²) < 4.78 is 18.6. The monoisotopic (exact) mass is 260 g/mol. The van der Waals surface area contributed by atoms with Gasteiger partial charge in [0.1, 0.15) is 11.6 Å². The highest BCUT2D eigenvalue weighted by molar-refractivity contribution is 5.96. The summed E-state index contributed by atoms with van der Waals surface area (Å²) in [5.74, 6) is -0.978. The van der Waals surface area contributed by atoms with Crippen LogP contribution in [0, 0.1) is 12.7 Å². The minimum absolute atomic E-state index is 0.0857. The third kappa shape index (κ3) is 2.57. The molecule has 0 aromatic heterocycles. The molecule has 98 valence electrons. The van der Waals surface area contributed by atoms with Crippen LogP contribution >= 0.6 is 0 Å². The summed E-state index contributed by atoms with van der Waals surface area (Å²) in [7, 11) is 1.46. The highest BCUT2D eigenvalue weighted by Gasteiger charge is 2.14. The molecule has 0 aliphatic heterocycles. The maximum absolute atomic E-state index is 13.6. The summed E-state index contributed by atoms with van der Waals surface area (Å²) in [6.07, 6.45) is 0. The number of aromatic carboxylic acids is 1. The van der Waals surface area contributed by atoms with Crippen LogP contribution in [-0.4, -0.2) is 18.2 Å². The van der Waals surface area contributed by atoms with Crippen LogP contribution in [0.3, 0.4) is 0 Å². The minimum atomic E-state index is -1.07. The zero-order valence-electron chi connectivity index (χ0n) is 10.6. The first-order valence-corrected chi connectivity index (χ1v) is 5.71. The van der Waals surface area contributed by atoms with E-state index in [-0.39, 0.29) is 11.4 Å². The predicted molar refractivity (Wildman–Crippen MR) is 70.1 cm³/mol. The van der Waals surface area contributed by atoms with Crippen LogP contribution in [0.2, 0.25) is 0 Å². The molecule has 4 heteroatoms. The molecule has 1 N–H and O–H groups in total. The number of hydrogen-bond acceptors (Lipinski definition) is 2. The zero-order chi connectivity index (χ0) is 14.0. The van der Waals surface area contributed by atoms with Crippen molar-refractivity contribution in [3.8, 4) is 16.9 Å². The first-order chi connectivity index (χ1) is 9.02. The van der Waals surface area contributed by atoms with Gasteiger partial charge in [-0.2, -0.15) is 0 Å². The molecular weight excluding hydrogens is 247 g/mol. The summed E-state index contributed by atoms with van der Waals surface area (Å²) in [5, 5.41) is 9.22. The van der Waals surface area contributed by atoms with Crippen LogP contribution < -0.4 is 4.74 Å². The van der Waals surface area contributed by atoms with E-state index in [4.69, 9.17) is 4.74 Å². The highest BCUT2D eigenvalue weighted by Crippen LogP contribution is 2.28. The number of carbonyl (C=O) groups is 1. The molecule has 0 aliphatic rings. The molecule has 0 aliphatic carbocycles. The van der Waals surface area contributed by atoms with Crippen molar-refractivity contribution in [1.29, 1.82) is 0 Å². The molecule has 2 aromatic carbocycles. The lowest BCUT2D eigenvalue weighted by Gasteiger charge is -2.09. The van der Waals surface area contributed by atoms with E-state index in [0.717, 1.165) is 0 Å². The number of carboxylic acid groups (broad SMARTS) is 1. The molecule has 0 saturated carbocycles. The van der Waals surface area contributed by atoms with Crippen molar-refractivity contribution in [2.75, 3.05) is 7.11 Å². The fraction of sp³-hybridized carbons (Fsp3) is 0.133. The molecule has 3 nitrogen and oxygen atoms in total. The second kappa shape index (κ2) is 5.10. The first-order valence-electron chi connectivity index (χ1n) is 5.71. The number of benzene rings is 2. The molecule has 2 rings (SSSR count). The quantitative estimate of drug-likeness (QED) is 0.918. The maximum Gasteiger partial charge on any atom is 0.336 e. The van der Waals surface area contributed by atoms with E-state index in [1.807, 2.05) is 0 Å². The average Bonchev–Trinajstić information content (AvgIpc) is 2.41. The molecule has 0 bridgehead atoms. The molecule has 0 heterocycles. The van der Waals surface area contributed by atoms with Gasteiger partial charge in [-0.25, -0.2) is 9.18 Å². The Balaban J connectivity index is 2.60. The van der Waals surface area contributed by atoms with E-state index in [9.17, 15) is 14.3 Å². The molecule has 0 atom stereocenters. The van der Waals surface area contributed by atoms with Crippen molar-refractivity contribution in [2.24, 2.45) is 0 Å². The lowest BCUT2D eigenvalue weighted by Crippen LogP contribution is -2.00. The van der Waals surface area contributed by atoms with Gasteiger partial charge >= 0.3 is 5.97 Å². The van der Waals surface area contributed by atoms with Crippen molar-refractivity contribution in [2.45, 2.75) is 6.92 Å². The Kier molecular flexibility index (Phi) is 3.51. The van der Waals surface area contributed by atoms with Crippen LogP contribution in [0.5, 0.6) is 5.75 Å². The molecule has 0 fully saturated rings. The predicted octanol–water partition coefficient (Wildman–Crippen LogP) is 3.51. The molecule has 0 radical (unpaired) electrons. The maximum atomic E-state index is 13.6. The van der Waals surface area contributed by atoms with Gasteiger partial charge in [0.05, 0.1) is 12.7 Å². The van der Waals surface area contributed by atoms with Crippen LogP contribution in [0.4, 0.5) is 4.39 Å². The lowest BCUT2D eigenvalue weighted by molar-refractivity contribution is 0.0697. The van der Waals surface area contributed by atoms with Crippen molar-refractivity contribution in [3.63, 3.8) is 0 Å². The number of aryl methyl sites for hydroxylation is 1. The van der Waals surface area contributed by atoms with Crippen molar-refractivity contribution >= 4 is 5.97 Å². The van der Waals surface area contributed by atoms with Gasteiger partial charge in [-0.1, -0.05) is 12.1 Å². The SMILES string of the molecule is COc1ccc(-c2ccc(C)c(F)c2)c(C(=O)O)c1. The van der Waals surface area contributed by atoms with Gasteiger partial charge in [-0.15, -0.1) is 0 Å². The number of rotatable bonds is 3. The summed E-state index contributed by atoms with van der Waals surface area (Å²) in [4.78, 5) is 11.3. The Morgan fingerprint density at radius 2 is 1.95 bits per heavy atom. The molecule has 0 unspecified atom stereocenters. The van der Waals surface area contributed by atoms with Gasteiger partial charge in [0.15, 0.2) is 0 Å². The minimum Gasteiger partial charge on any atom is -0.497 e. The topological polar surface area (TPSA) is 46.5 Å². The van der Waals surface area contributed by atoms with Crippen LogP contribution in [0.15, 0.2) is 36.4 Å². The van der Waals surface area contributed by atoms with Crippen molar-refractivity contribution in [3.05, 3.63) is 53.3 Å². The smallest absolute Gasteiger partial charge is 0.336 e. The highest BCUT2D eigenvalue weighted by atomic mass is 19.1. The fourth-order valence-electron chi connectivity index (χ4n) is 1.84. The fourth-order valence-corrected chi connectivity index (χ4v) is 1.84. The average molecular weight is 260 g/mol. The summed E-state index contributed by atoms with van der Waals surface area (Å²) in [6.45, 7) is 1.66. The molecular formula is C15H13FO3. The lowest BCUT2D eigenvalue weighted by atomic mass is 9.98. The Morgan fingerprint density at radius 3 is 2.53 bits per heavy atom. The van der Waals surface area contributed by atoms with Gasteiger partial charge in [0, 0.05) is 0 Å². The van der Waals surface area contributed by atoms with E-state index < -0.39 is 5.97 Å². The number of carboxylic acids is 1. The van der Waals surface area contributed by atoms with Crippen molar-refractivity contribution in [1.82, 2.24) is 0 Å². The number of ether oxygens (including phenoxy) is 1. The van der Waals surface area contributed by atoms with Crippen LogP contribution in [0.25, 0.3) is 11.1 Å². The molecule has 0 amide bonds. The Hall–Kier alpha value is -2.36. The van der Waals surface area contributed by atoms with E-state index >= 15 is 0 Å². The number of hydrogen-bond donors (Lipinski definition) is 1. The normalized spacial score (nSPS) is 10.3. The first kappa shape index (κ1) is 13.1. The second-order valence-electron chi connectivity index (χ2n) is 4.18. The van der Waals surface area contributed by atoms with Gasteiger partial charge < -0.3 is 9.84 Å². The molecule has 0 spiro atoms. The third-order valence-corrected chi connectivity index (χ3v) is 2.94. The van der Waals surface area contributed by atoms with Gasteiger partial charge in [-0.05, 0) is 47.9 Å². The van der Waals surface area contributed by atoms with E-state index in [1.165, 1.54) is 19.2 Å². The Morgan fingerprint density at radius 1 is 1.21 bits per heavy atom. The largest absolute Gasteiger partial charge is 0.497 e. The summed E-state index contributed by atoms with van der Waals surface area (Å²) >= 11 is 0. The van der Waals surface area contributed by atoms with E-state index in [0.29, 0.717) is 22.4 Å².